The van der Waals surface area contributed by atoms with Gasteiger partial charge in [-0.2, -0.15) is 0 Å². The highest BCUT2D eigenvalue weighted by molar-refractivity contribution is 5.88. The summed E-state index contributed by atoms with van der Waals surface area (Å²) in [6, 6.07) is 5.67. The van der Waals surface area contributed by atoms with Crippen molar-refractivity contribution in [3.63, 3.8) is 0 Å². The molecule has 1 aliphatic rings. The molecule has 25 heavy (non-hydrogen) atoms. The quantitative estimate of drug-likeness (QED) is 0.624. The lowest BCUT2D eigenvalue weighted by Gasteiger charge is -2.27. The summed E-state index contributed by atoms with van der Waals surface area (Å²) in [5.41, 5.74) is 0.417. The van der Waals surface area contributed by atoms with E-state index in [2.05, 4.69) is 5.16 Å². The van der Waals surface area contributed by atoms with E-state index in [1.54, 1.807) is 0 Å². The van der Waals surface area contributed by atoms with E-state index in [1.807, 2.05) is 0 Å². The maximum Gasteiger partial charge on any atom is 0.341 e. The van der Waals surface area contributed by atoms with Crippen LogP contribution in [0, 0.1) is 10.1 Å². The van der Waals surface area contributed by atoms with Gasteiger partial charge >= 0.3 is 5.97 Å². The Hall–Kier alpha value is -2.78. The molecule has 2 heterocycles. The second-order valence-corrected chi connectivity index (χ2v) is 5.58. The number of nitro groups is 1. The minimum Gasteiger partial charge on any atom is -0.478 e. The molecule has 1 N–H and O–H groups in total. The minimum atomic E-state index is -1.20. The summed E-state index contributed by atoms with van der Waals surface area (Å²) in [5.74, 6) is -1.20. The van der Waals surface area contributed by atoms with Gasteiger partial charge in [-0.1, -0.05) is 5.16 Å². The topological polar surface area (TPSA) is 125 Å². The van der Waals surface area contributed by atoms with Crippen LogP contribution in [0.25, 0.3) is 0 Å². The van der Waals surface area contributed by atoms with Gasteiger partial charge in [0.25, 0.3) is 5.69 Å². The number of rotatable bonds is 6. The van der Waals surface area contributed by atoms with Gasteiger partial charge in [0.05, 0.1) is 4.92 Å². The number of carboxylic acids is 1. The number of carbonyl (C=O) groups is 1. The molecule has 2 aromatic rings. The molecular formula is C16H16N2O7. The van der Waals surface area contributed by atoms with E-state index in [0.29, 0.717) is 18.6 Å². The van der Waals surface area contributed by atoms with Crippen LogP contribution < -0.4 is 0 Å². The number of hydrogen-bond acceptors (Lipinski definition) is 7. The van der Waals surface area contributed by atoms with Crippen molar-refractivity contribution >= 4 is 11.7 Å². The van der Waals surface area contributed by atoms with E-state index in [1.165, 1.54) is 24.3 Å². The van der Waals surface area contributed by atoms with Crippen LogP contribution in [0.2, 0.25) is 0 Å². The zero-order valence-corrected chi connectivity index (χ0v) is 13.2. The van der Waals surface area contributed by atoms with Crippen molar-refractivity contribution in [1.82, 2.24) is 5.16 Å². The number of aromatic carboxylic acids is 1. The average molecular weight is 348 g/mol. The first-order chi connectivity index (χ1) is 12.1. The Morgan fingerprint density at radius 3 is 2.72 bits per heavy atom. The standard InChI is InChI=1S/C16H16N2O7/c19-16(20)12-9-24-17-14(12)15(25-13-3-1-2-8-23-13)10-4-6-11(7-5-10)18(21)22/h4-7,9,13,15H,1-3,8H2,(H,19,20). The molecule has 0 spiro atoms. The van der Waals surface area contributed by atoms with Crippen molar-refractivity contribution in [3.8, 4) is 0 Å². The molecule has 1 saturated heterocycles. The largest absolute Gasteiger partial charge is 0.478 e. The third kappa shape index (κ3) is 3.83. The molecule has 0 bridgehead atoms. The Morgan fingerprint density at radius 2 is 2.12 bits per heavy atom. The average Bonchev–Trinajstić information content (AvgIpc) is 3.10. The van der Waals surface area contributed by atoms with Crippen LogP contribution in [0.4, 0.5) is 5.69 Å². The van der Waals surface area contributed by atoms with Crippen LogP contribution in [-0.2, 0) is 9.47 Å². The van der Waals surface area contributed by atoms with Gasteiger partial charge in [-0.15, -0.1) is 0 Å². The number of ether oxygens (including phenoxy) is 2. The van der Waals surface area contributed by atoms with Crippen molar-refractivity contribution in [3.05, 3.63) is 57.5 Å². The van der Waals surface area contributed by atoms with E-state index < -0.39 is 23.3 Å². The van der Waals surface area contributed by atoms with E-state index in [-0.39, 0.29) is 16.9 Å². The molecule has 1 fully saturated rings. The van der Waals surface area contributed by atoms with Crippen LogP contribution in [0.5, 0.6) is 0 Å². The molecule has 9 heteroatoms. The first kappa shape index (κ1) is 17.1. The summed E-state index contributed by atoms with van der Waals surface area (Å²) in [5, 5.41) is 23.9. The molecule has 1 aliphatic heterocycles. The van der Waals surface area contributed by atoms with Crippen LogP contribution in [0.1, 0.15) is 47.0 Å². The lowest BCUT2D eigenvalue weighted by atomic mass is 10.0. The molecule has 9 nitrogen and oxygen atoms in total. The van der Waals surface area contributed by atoms with Crippen molar-refractivity contribution in [1.29, 1.82) is 0 Å². The lowest BCUT2D eigenvalue weighted by molar-refractivity contribution is -0.384. The molecule has 1 aromatic carbocycles. The van der Waals surface area contributed by atoms with Crippen LogP contribution >= 0.6 is 0 Å². The van der Waals surface area contributed by atoms with Crippen molar-refractivity contribution < 1.29 is 28.8 Å². The summed E-state index contributed by atoms with van der Waals surface area (Å²) in [7, 11) is 0. The molecule has 0 amide bonds. The SMILES string of the molecule is O=C(O)c1conc1C(OC1CCCCO1)c1ccc([N+](=O)[O-])cc1. The molecule has 3 rings (SSSR count). The Bertz CT molecular complexity index is 750. The smallest absolute Gasteiger partial charge is 0.341 e. The first-order valence-corrected chi connectivity index (χ1v) is 7.75. The third-order valence-corrected chi connectivity index (χ3v) is 3.91. The van der Waals surface area contributed by atoms with Gasteiger partial charge in [0.2, 0.25) is 0 Å². The third-order valence-electron chi connectivity index (χ3n) is 3.91. The molecule has 0 saturated carbocycles. The van der Waals surface area contributed by atoms with Gasteiger partial charge in [0, 0.05) is 18.7 Å². The molecule has 2 unspecified atom stereocenters. The summed E-state index contributed by atoms with van der Waals surface area (Å²) >= 11 is 0. The number of hydrogen-bond donors (Lipinski definition) is 1. The second kappa shape index (κ2) is 7.41. The highest BCUT2D eigenvalue weighted by Gasteiger charge is 2.29. The highest BCUT2D eigenvalue weighted by atomic mass is 16.7. The first-order valence-electron chi connectivity index (χ1n) is 7.75. The number of nitrogens with zero attached hydrogens (tertiary/aromatic N) is 2. The predicted octanol–water partition coefficient (Wildman–Crippen LogP) is 2.91. The number of benzene rings is 1. The van der Waals surface area contributed by atoms with Crippen molar-refractivity contribution in [2.75, 3.05) is 6.61 Å². The van der Waals surface area contributed by atoms with Gasteiger partial charge in [0.15, 0.2) is 6.29 Å². The summed E-state index contributed by atoms with van der Waals surface area (Å²) in [6.07, 6.45) is 2.19. The highest BCUT2D eigenvalue weighted by Crippen LogP contribution is 2.32. The summed E-state index contributed by atoms with van der Waals surface area (Å²) in [6.45, 7) is 0.558. The van der Waals surface area contributed by atoms with Crippen molar-refractivity contribution in [2.24, 2.45) is 0 Å². The van der Waals surface area contributed by atoms with Crippen molar-refractivity contribution in [2.45, 2.75) is 31.7 Å². The molecule has 0 aliphatic carbocycles. The Balaban J connectivity index is 1.94. The van der Waals surface area contributed by atoms with E-state index in [9.17, 15) is 20.0 Å². The van der Waals surface area contributed by atoms with Gasteiger partial charge in [-0.05, 0) is 37.0 Å². The van der Waals surface area contributed by atoms with Crippen LogP contribution in [0.15, 0.2) is 35.1 Å². The molecule has 132 valence electrons. The second-order valence-electron chi connectivity index (χ2n) is 5.58. The molecular weight excluding hydrogens is 332 g/mol. The van der Waals surface area contributed by atoms with Crippen LogP contribution in [-0.4, -0.2) is 34.1 Å². The fourth-order valence-corrected chi connectivity index (χ4v) is 2.64. The van der Waals surface area contributed by atoms with E-state index >= 15 is 0 Å². The summed E-state index contributed by atoms with van der Waals surface area (Å²) in [4.78, 5) is 21.7. The number of non-ortho nitro benzene ring substituents is 1. The zero-order valence-electron chi connectivity index (χ0n) is 13.2. The monoisotopic (exact) mass is 348 g/mol. The van der Waals surface area contributed by atoms with E-state index in [4.69, 9.17) is 14.0 Å². The Kier molecular flexibility index (Phi) is 5.05. The fourth-order valence-electron chi connectivity index (χ4n) is 2.64. The zero-order chi connectivity index (χ0) is 17.8. The Labute approximate surface area is 142 Å². The fraction of sp³-hybridized carbons (Fsp3) is 0.375. The lowest BCUT2D eigenvalue weighted by Crippen LogP contribution is -2.25. The Morgan fingerprint density at radius 1 is 1.36 bits per heavy atom. The normalized spacial score (nSPS) is 18.6. The summed E-state index contributed by atoms with van der Waals surface area (Å²) < 4.78 is 16.3. The predicted molar refractivity (Wildman–Crippen MR) is 83.1 cm³/mol. The number of nitro benzene ring substituents is 1. The number of carboxylic acid groups (broad SMARTS) is 1. The number of aromatic nitrogens is 1. The van der Waals surface area contributed by atoms with E-state index in [0.717, 1.165) is 19.1 Å². The maximum atomic E-state index is 11.4. The van der Waals surface area contributed by atoms with Crippen LogP contribution in [0.3, 0.4) is 0 Å². The van der Waals surface area contributed by atoms with Gasteiger partial charge < -0.3 is 19.1 Å². The van der Waals surface area contributed by atoms with Gasteiger partial charge in [-0.25, -0.2) is 4.79 Å². The maximum absolute atomic E-state index is 11.4. The van der Waals surface area contributed by atoms with Gasteiger partial charge in [-0.3, -0.25) is 10.1 Å². The van der Waals surface area contributed by atoms with Gasteiger partial charge in [0.1, 0.15) is 23.6 Å². The molecule has 1 aromatic heterocycles. The minimum absolute atomic E-state index is 0.0740. The molecule has 2 atom stereocenters. The molecule has 0 radical (unpaired) electrons.